The lowest BCUT2D eigenvalue weighted by molar-refractivity contribution is -0.140. The second-order valence-electron chi connectivity index (χ2n) is 8.48. The van der Waals surface area contributed by atoms with Gasteiger partial charge in [0.1, 0.15) is 6.10 Å². The minimum absolute atomic E-state index is 0.0439. The lowest BCUT2D eigenvalue weighted by atomic mass is 9.61. The molecule has 2 saturated carbocycles. The SMILES string of the molecule is C=C1C(=O)O[C@H](C[C@@H](C)[C@H]2CC[C@H]3C(=CBr)CCC[C@]23C)[C@@H]1CC. The topological polar surface area (TPSA) is 26.3 Å². The van der Waals surface area contributed by atoms with Crippen molar-refractivity contribution in [3.8, 4) is 0 Å². The van der Waals surface area contributed by atoms with Gasteiger partial charge in [0.25, 0.3) is 0 Å². The molecule has 1 heterocycles. The van der Waals surface area contributed by atoms with Gasteiger partial charge in [-0.2, -0.15) is 0 Å². The normalized spacial score (nSPS) is 42.2. The molecule has 0 amide bonds. The highest BCUT2D eigenvalue weighted by atomic mass is 79.9. The van der Waals surface area contributed by atoms with Crippen LogP contribution in [0.3, 0.4) is 0 Å². The molecule has 3 aliphatic rings. The summed E-state index contributed by atoms with van der Waals surface area (Å²) in [7, 11) is 0. The molecule has 0 radical (unpaired) electrons. The van der Waals surface area contributed by atoms with Crippen LogP contribution in [0, 0.1) is 29.1 Å². The molecule has 0 unspecified atom stereocenters. The fourth-order valence-corrected chi connectivity index (χ4v) is 6.62. The van der Waals surface area contributed by atoms with Gasteiger partial charge in [-0.1, -0.05) is 48.9 Å². The maximum Gasteiger partial charge on any atom is 0.334 e. The van der Waals surface area contributed by atoms with Crippen molar-refractivity contribution >= 4 is 21.9 Å². The molecule has 1 aliphatic heterocycles. The van der Waals surface area contributed by atoms with Crippen molar-refractivity contribution in [1.82, 2.24) is 0 Å². The first-order valence-electron chi connectivity index (χ1n) is 9.61. The first-order valence-corrected chi connectivity index (χ1v) is 10.5. The van der Waals surface area contributed by atoms with E-state index in [1.54, 1.807) is 5.57 Å². The molecule has 0 spiro atoms. The van der Waals surface area contributed by atoms with E-state index < -0.39 is 0 Å². The number of carbonyl (C=O) groups is 1. The van der Waals surface area contributed by atoms with Crippen LogP contribution in [0.2, 0.25) is 0 Å². The number of cyclic esters (lactones) is 1. The zero-order valence-corrected chi connectivity index (χ0v) is 16.9. The molecule has 6 atom stereocenters. The van der Waals surface area contributed by atoms with Gasteiger partial charge in [0.15, 0.2) is 0 Å². The number of fused-ring (bicyclic) bond motifs is 1. The van der Waals surface area contributed by atoms with E-state index in [4.69, 9.17) is 4.74 Å². The predicted octanol–water partition coefficient (Wildman–Crippen LogP) is 6.02. The van der Waals surface area contributed by atoms with Crippen LogP contribution in [0.5, 0.6) is 0 Å². The van der Waals surface area contributed by atoms with E-state index in [2.05, 4.69) is 48.3 Å². The molecule has 1 saturated heterocycles. The number of rotatable bonds is 4. The van der Waals surface area contributed by atoms with Crippen molar-refractivity contribution in [2.24, 2.45) is 29.1 Å². The first-order chi connectivity index (χ1) is 11.4. The zero-order valence-electron chi connectivity index (χ0n) is 15.3. The van der Waals surface area contributed by atoms with Gasteiger partial charge in [-0.05, 0) is 73.1 Å². The first kappa shape index (κ1) is 18.2. The van der Waals surface area contributed by atoms with Crippen LogP contribution in [0.1, 0.15) is 65.7 Å². The van der Waals surface area contributed by atoms with Crippen molar-refractivity contribution in [3.05, 3.63) is 22.7 Å². The molecule has 3 rings (SSSR count). The van der Waals surface area contributed by atoms with E-state index in [-0.39, 0.29) is 18.0 Å². The molecule has 0 aromatic rings. The van der Waals surface area contributed by atoms with Gasteiger partial charge in [0.2, 0.25) is 0 Å². The molecule has 3 heteroatoms. The minimum Gasteiger partial charge on any atom is -0.458 e. The summed E-state index contributed by atoms with van der Waals surface area (Å²) in [5, 5.41) is 0. The summed E-state index contributed by atoms with van der Waals surface area (Å²) < 4.78 is 5.66. The lowest BCUT2D eigenvalue weighted by Gasteiger charge is -2.44. The van der Waals surface area contributed by atoms with Crippen LogP contribution in [-0.2, 0) is 9.53 Å². The summed E-state index contributed by atoms with van der Waals surface area (Å²) in [6, 6.07) is 0. The number of hydrogen-bond acceptors (Lipinski definition) is 2. The Morgan fingerprint density at radius 3 is 2.88 bits per heavy atom. The number of esters is 1. The Balaban J connectivity index is 1.73. The van der Waals surface area contributed by atoms with Crippen LogP contribution in [0.25, 0.3) is 0 Å². The summed E-state index contributed by atoms with van der Waals surface area (Å²) in [5.74, 6) is 2.11. The van der Waals surface area contributed by atoms with Crippen molar-refractivity contribution in [2.45, 2.75) is 71.8 Å². The van der Waals surface area contributed by atoms with Gasteiger partial charge in [-0.3, -0.25) is 0 Å². The number of allylic oxidation sites excluding steroid dienone is 1. The van der Waals surface area contributed by atoms with Gasteiger partial charge in [-0.25, -0.2) is 4.79 Å². The Bertz CT molecular complexity index is 552. The summed E-state index contributed by atoms with van der Waals surface area (Å²) in [5.41, 5.74) is 2.72. The second kappa shape index (κ2) is 6.97. The molecule has 134 valence electrons. The molecule has 0 aromatic heterocycles. The summed E-state index contributed by atoms with van der Waals surface area (Å²) in [4.78, 5) is 14.1. The Morgan fingerprint density at radius 2 is 2.21 bits per heavy atom. The fourth-order valence-electron chi connectivity index (χ4n) is 6.07. The van der Waals surface area contributed by atoms with Crippen molar-refractivity contribution in [2.75, 3.05) is 0 Å². The number of hydrogen-bond donors (Lipinski definition) is 0. The lowest BCUT2D eigenvalue weighted by Crippen LogP contribution is -2.37. The van der Waals surface area contributed by atoms with E-state index in [9.17, 15) is 4.79 Å². The van der Waals surface area contributed by atoms with E-state index in [0.29, 0.717) is 16.9 Å². The molecule has 24 heavy (non-hydrogen) atoms. The highest BCUT2D eigenvalue weighted by Gasteiger charge is 2.51. The molecule has 3 fully saturated rings. The quantitative estimate of drug-likeness (QED) is 0.430. The average molecular weight is 395 g/mol. The van der Waals surface area contributed by atoms with Gasteiger partial charge in [0.05, 0.1) is 0 Å². The van der Waals surface area contributed by atoms with Gasteiger partial charge in [-0.15, -0.1) is 0 Å². The van der Waals surface area contributed by atoms with Crippen LogP contribution < -0.4 is 0 Å². The third-order valence-corrected chi connectivity index (χ3v) is 7.91. The van der Waals surface area contributed by atoms with Gasteiger partial charge >= 0.3 is 5.97 Å². The number of carbonyl (C=O) groups excluding carboxylic acids is 1. The van der Waals surface area contributed by atoms with E-state index in [1.807, 2.05) is 0 Å². The molecule has 2 nitrogen and oxygen atoms in total. The molecular weight excluding hydrogens is 364 g/mol. The van der Waals surface area contributed by atoms with Gasteiger partial charge < -0.3 is 4.74 Å². The maximum atomic E-state index is 11.9. The fraction of sp³-hybridized carbons (Fsp3) is 0.762. The predicted molar refractivity (Wildman–Crippen MR) is 102 cm³/mol. The van der Waals surface area contributed by atoms with Crippen molar-refractivity contribution < 1.29 is 9.53 Å². The molecule has 0 aromatic carbocycles. The summed E-state index contributed by atoms with van der Waals surface area (Å²) in [6.45, 7) is 11.0. The van der Waals surface area contributed by atoms with E-state index in [1.165, 1.54) is 32.1 Å². The maximum absolute atomic E-state index is 11.9. The largest absolute Gasteiger partial charge is 0.458 e. The third kappa shape index (κ3) is 2.91. The van der Waals surface area contributed by atoms with Crippen LogP contribution in [-0.4, -0.2) is 12.1 Å². The van der Waals surface area contributed by atoms with Crippen LogP contribution >= 0.6 is 15.9 Å². The Kier molecular flexibility index (Phi) is 5.30. The minimum atomic E-state index is -0.170. The monoisotopic (exact) mass is 394 g/mol. The van der Waals surface area contributed by atoms with Gasteiger partial charge in [0, 0.05) is 11.5 Å². The zero-order chi connectivity index (χ0) is 17.5. The van der Waals surface area contributed by atoms with Crippen LogP contribution in [0.4, 0.5) is 0 Å². The molecular formula is C21H31BrO2. The number of halogens is 1. The third-order valence-electron chi connectivity index (χ3n) is 7.33. The summed E-state index contributed by atoms with van der Waals surface area (Å²) >= 11 is 3.60. The Morgan fingerprint density at radius 1 is 1.46 bits per heavy atom. The van der Waals surface area contributed by atoms with Crippen molar-refractivity contribution in [3.63, 3.8) is 0 Å². The van der Waals surface area contributed by atoms with Crippen LogP contribution in [0.15, 0.2) is 22.7 Å². The molecule has 0 N–H and O–H groups in total. The smallest absolute Gasteiger partial charge is 0.334 e. The second-order valence-corrected chi connectivity index (χ2v) is 8.93. The van der Waals surface area contributed by atoms with Crippen molar-refractivity contribution in [1.29, 1.82) is 0 Å². The number of ether oxygens (including phenoxy) is 1. The molecule has 2 aliphatic carbocycles. The van der Waals surface area contributed by atoms with E-state index >= 15 is 0 Å². The Hall–Kier alpha value is -0.570. The average Bonchev–Trinajstić information content (AvgIpc) is 3.04. The highest BCUT2D eigenvalue weighted by molar-refractivity contribution is 9.11. The summed E-state index contributed by atoms with van der Waals surface area (Å²) in [6.07, 6.45) is 8.51. The Labute approximate surface area is 155 Å². The highest BCUT2D eigenvalue weighted by Crippen LogP contribution is 2.60. The standard InChI is InChI=1S/C21H31BrO2/c1-5-16-14(3)20(23)24-19(16)11-13(2)17-8-9-18-15(12-22)7-6-10-21(17,18)4/h12-13,16-19H,3,5-11H2,1-2,4H3/t13-,16-,17-,18+,19-,21-/m1/s1. The van der Waals surface area contributed by atoms with E-state index in [0.717, 1.165) is 24.7 Å². The molecule has 0 bridgehead atoms.